The lowest BCUT2D eigenvalue weighted by molar-refractivity contribution is -0.145. The predicted molar refractivity (Wildman–Crippen MR) is 108 cm³/mol. The Morgan fingerprint density at radius 2 is 2.03 bits per heavy atom. The van der Waals surface area contributed by atoms with Crippen LogP contribution in [0, 0.1) is 0 Å². The number of aryl methyl sites for hydroxylation is 1. The molecule has 0 aliphatic carbocycles. The molecule has 0 atom stereocenters. The highest BCUT2D eigenvalue weighted by molar-refractivity contribution is 9.10. The van der Waals surface area contributed by atoms with E-state index >= 15 is 0 Å². The number of furan rings is 1. The van der Waals surface area contributed by atoms with Gasteiger partial charge in [-0.3, -0.25) is 14.2 Å². The molecule has 9 nitrogen and oxygen atoms in total. The largest absolute Gasteiger partial charge is 0.457 e. The molecule has 0 unspecified atom stereocenters. The van der Waals surface area contributed by atoms with Gasteiger partial charge in [-0.1, -0.05) is 15.9 Å². The molecule has 0 N–H and O–H groups in total. The van der Waals surface area contributed by atoms with E-state index in [0.29, 0.717) is 10.9 Å². The number of halogens is 1. The number of rotatable bonds is 7. The number of benzene rings is 1. The molecule has 0 radical (unpaired) electrons. The lowest BCUT2D eigenvalue weighted by Crippen LogP contribution is -2.22. The maximum absolute atomic E-state index is 12.5. The Morgan fingerprint density at radius 1 is 1.28 bits per heavy atom. The minimum Gasteiger partial charge on any atom is -0.457 e. The molecular weight excluding hydrogens is 466 g/mol. The lowest BCUT2D eigenvalue weighted by Gasteiger charge is -2.08. The molecule has 0 spiro atoms. The predicted octanol–water partition coefficient (Wildman–Crippen LogP) is 2.14. The van der Waals surface area contributed by atoms with Crippen molar-refractivity contribution in [1.29, 1.82) is 0 Å². The van der Waals surface area contributed by atoms with Gasteiger partial charge in [0, 0.05) is 25.1 Å². The van der Waals surface area contributed by atoms with Crippen LogP contribution in [0.3, 0.4) is 0 Å². The van der Waals surface area contributed by atoms with Crippen molar-refractivity contribution in [3.05, 3.63) is 57.2 Å². The molecule has 11 heteroatoms. The molecule has 0 bridgehead atoms. The molecule has 2 aromatic heterocycles. The number of ether oxygens (including phenoxy) is 1. The number of nitrogens with zero attached hydrogens (tertiary/aromatic N) is 3. The Labute approximate surface area is 175 Å². The molecule has 3 aromatic rings. The third-order valence-corrected chi connectivity index (χ3v) is 6.27. The number of hydrogen-bond acceptors (Lipinski definition) is 7. The summed E-state index contributed by atoms with van der Waals surface area (Å²) in [6, 6.07) is 7.93. The van der Waals surface area contributed by atoms with Crippen LogP contribution in [0.4, 0.5) is 0 Å². The molecule has 154 valence electrons. The van der Waals surface area contributed by atoms with Crippen LogP contribution in [-0.2, 0) is 32.7 Å². The Balaban J connectivity index is 1.60. The second-order valence-electron chi connectivity index (χ2n) is 6.32. The van der Waals surface area contributed by atoms with Gasteiger partial charge in [-0.15, -0.1) is 0 Å². The summed E-state index contributed by atoms with van der Waals surface area (Å²) in [4.78, 5) is 28.7. The van der Waals surface area contributed by atoms with Crippen molar-refractivity contribution in [2.45, 2.75) is 24.7 Å². The van der Waals surface area contributed by atoms with E-state index in [4.69, 9.17) is 9.15 Å². The van der Waals surface area contributed by atoms with E-state index in [1.54, 1.807) is 18.2 Å². The summed E-state index contributed by atoms with van der Waals surface area (Å²) in [5.41, 5.74) is 0.312. The molecule has 0 aliphatic heterocycles. The minimum absolute atomic E-state index is 0.0509. The molecule has 0 saturated heterocycles. The summed E-state index contributed by atoms with van der Waals surface area (Å²) in [6.07, 6.45) is 1.33. The Hall–Kier alpha value is -2.50. The first-order chi connectivity index (χ1) is 13.7. The number of hydrogen-bond donors (Lipinski definition) is 0. The van der Waals surface area contributed by atoms with Crippen molar-refractivity contribution in [2.75, 3.05) is 14.1 Å². The van der Waals surface area contributed by atoms with Gasteiger partial charge < -0.3 is 9.15 Å². The Morgan fingerprint density at radius 3 is 2.76 bits per heavy atom. The van der Waals surface area contributed by atoms with Gasteiger partial charge >= 0.3 is 5.97 Å². The van der Waals surface area contributed by atoms with Crippen molar-refractivity contribution in [2.24, 2.45) is 0 Å². The van der Waals surface area contributed by atoms with Gasteiger partial charge in [0.05, 0.1) is 23.7 Å². The Kier molecular flexibility index (Phi) is 6.20. The lowest BCUT2D eigenvalue weighted by atomic mass is 10.2. The number of fused-ring (bicyclic) bond motifs is 1. The number of aromatic nitrogens is 2. The smallest absolute Gasteiger partial charge is 0.308 e. The first-order valence-corrected chi connectivity index (χ1v) is 10.7. The van der Waals surface area contributed by atoms with E-state index in [1.807, 2.05) is 0 Å². The third kappa shape index (κ3) is 4.74. The average molecular weight is 484 g/mol. The zero-order chi connectivity index (χ0) is 21.2. The molecule has 3 rings (SSSR count). The zero-order valence-corrected chi connectivity index (χ0v) is 18.1. The van der Waals surface area contributed by atoms with Crippen LogP contribution in [0.2, 0.25) is 0 Å². The molecule has 0 saturated carbocycles. The SMILES string of the molecule is CN(C)S(=O)(=O)c1ccc(COC(=O)CCn2cnc3ccc(Br)cc3c2=O)o1. The van der Waals surface area contributed by atoms with Crippen molar-refractivity contribution in [3.63, 3.8) is 0 Å². The second-order valence-corrected chi connectivity index (χ2v) is 9.32. The summed E-state index contributed by atoms with van der Waals surface area (Å²) >= 11 is 3.32. The van der Waals surface area contributed by atoms with Gasteiger partial charge in [-0.2, -0.15) is 0 Å². The number of sulfonamides is 1. The van der Waals surface area contributed by atoms with E-state index < -0.39 is 16.0 Å². The van der Waals surface area contributed by atoms with Crippen molar-refractivity contribution >= 4 is 42.8 Å². The summed E-state index contributed by atoms with van der Waals surface area (Å²) in [7, 11) is -0.911. The number of esters is 1. The van der Waals surface area contributed by atoms with Gasteiger partial charge in [0.2, 0.25) is 5.09 Å². The highest BCUT2D eigenvalue weighted by atomic mass is 79.9. The second kappa shape index (κ2) is 8.47. The van der Waals surface area contributed by atoms with Crippen molar-refractivity contribution < 1.29 is 22.4 Å². The highest BCUT2D eigenvalue weighted by Gasteiger charge is 2.21. The van der Waals surface area contributed by atoms with E-state index in [9.17, 15) is 18.0 Å². The van der Waals surface area contributed by atoms with E-state index in [-0.39, 0.29) is 36.0 Å². The fourth-order valence-corrected chi connectivity index (χ4v) is 3.65. The molecule has 2 heterocycles. The summed E-state index contributed by atoms with van der Waals surface area (Å²) in [6.45, 7) is -0.106. The average Bonchev–Trinajstić information content (AvgIpc) is 3.16. The first kappa shape index (κ1) is 21.2. The van der Waals surface area contributed by atoms with Crippen LogP contribution in [0.15, 0.2) is 55.4 Å². The maximum Gasteiger partial charge on any atom is 0.308 e. The third-order valence-electron chi connectivity index (χ3n) is 4.09. The molecule has 0 amide bonds. The highest BCUT2D eigenvalue weighted by Crippen LogP contribution is 2.18. The van der Waals surface area contributed by atoms with E-state index in [0.717, 1.165) is 8.78 Å². The van der Waals surface area contributed by atoms with Crippen LogP contribution >= 0.6 is 15.9 Å². The van der Waals surface area contributed by atoms with Crippen molar-refractivity contribution in [1.82, 2.24) is 13.9 Å². The van der Waals surface area contributed by atoms with Gasteiger partial charge in [0.25, 0.3) is 15.6 Å². The van der Waals surface area contributed by atoms with E-state index in [1.165, 1.54) is 37.1 Å². The van der Waals surface area contributed by atoms with Crippen LogP contribution < -0.4 is 5.56 Å². The quantitative estimate of drug-likeness (QED) is 0.473. The summed E-state index contributed by atoms with van der Waals surface area (Å²) < 4.78 is 37.4. The molecule has 1 aromatic carbocycles. The monoisotopic (exact) mass is 483 g/mol. The van der Waals surface area contributed by atoms with Crippen molar-refractivity contribution in [3.8, 4) is 0 Å². The fourth-order valence-electron chi connectivity index (χ4n) is 2.48. The normalized spacial score (nSPS) is 11.9. The standard InChI is InChI=1S/C18H18BrN3O6S/c1-21(2)29(25,26)17-6-4-13(28-17)10-27-16(23)7-8-22-11-20-15-5-3-12(19)9-14(15)18(22)24/h3-6,9,11H,7-8,10H2,1-2H3. The topological polar surface area (TPSA) is 112 Å². The number of carbonyl (C=O) groups is 1. The molecular formula is C18H18BrN3O6S. The Bertz CT molecular complexity index is 1220. The number of carbonyl (C=O) groups excluding carboxylic acids is 1. The van der Waals surface area contributed by atoms with E-state index in [2.05, 4.69) is 20.9 Å². The zero-order valence-electron chi connectivity index (χ0n) is 15.7. The maximum atomic E-state index is 12.5. The van der Waals surface area contributed by atoms with Gasteiger partial charge in [-0.05, 0) is 30.3 Å². The van der Waals surface area contributed by atoms with Gasteiger partial charge in [0.15, 0.2) is 0 Å². The molecule has 0 aliphatic rings. The van der Waals surface area contributed by atoms with Gasteiger partial charge in [-0.25, -0.2) is 17.7 Å². The fraction of sp³-hybridized carbons (Fsp3) is 0.278. The van der Waals surface area contributed by atoms with Crippen LogP contribution in [0.1, 0.15) is 12.2 Å². The first-order valence-electron chi connectivity index (χ1n) is 8.50. The summed E-state index contributed by atoms with van der Waals surface area (Å²) in [5.74, 6) is -0.354. The summed E-state index contributed by atoms with van der Waals surface area (Å²) in [5, 5.41) is 0.217. The van der Waals surface area contributed by atoms with Crippen LogP contribution in [-0.4, -0.2) is 42.3 Å². The molecule has 29 heavy (non-hydrogen) atoms. The molecule has 0 fully saturated rings. The van der Waals surface area contributed by atoms with Gasteiger partial charge in [0.1, 0.15) is 12.4 Å². The van der Waals surface area contributed by atoms with Crippen LogP contribution in [0.5, 0.6) is 0 Å². The minimum atomic E-state index is -3.69. The van der Waals surface area contributed by atoms with Crippen LogP contribution in [0.25, 0.3) is 10.9 Å².